The second kappa shape index (κ2) is 6.61. The van der Waals surface area contributed by atoms with Crippen LogP contribution in [0.1, 0.15) is 40.5 Å². The Morgan fingerprint density at radius 3 is 2.21 bits per heavy atom. The first-order valence-electron chi connectivity index (χ1n) is 5.21. The van der Waals surface area contributed by atoms with Crippen molar-refractivity contribution in [1.82, 2.24) is 0 Å². The van der Waals surface area contributed by atoms with Crippen LogP contribution in [0.4, 0.5) is 0 Å². The van der Waals surface area contributed by atoms with E-state index in [1.54, 1.807) is 0 Å². The maximum atomic E-state index is 5.94. The van der Waals surface area contributed by atoms with Gasteiger partial charge in [-0.15, -0.1) is 0 Å². The first kappa shape index (κ1) is 13.2. The van der Waals surface area contributed by atoms with Gasteiger partial charge in [-0.05, 0) is 33.6 Å². The lowest BCUT2D eigenvalue weighted by Crippen LogP contribution is -2.21. The smallest absolute Gasteiger partial charge is 0.0286 e. The first-order valence-corrected chi connectivity index (χ1v) is 5.21. The van der Waals surface area contributed by atoms with Crippen LogP contribution in [0.5, 0.6) is 0 Å². The summed E-state index contributed by atoms with van der Waals surface area (Å²) in [7, 11) is 0. The van der Waals surface area contributed by atoms with Crippen molar-refractivity contribution in [3.63, 3.8) is 0 Å². The Morgan fingerprint density at radius 1 is 1.29 bits per heavy atom. The molecule has 0 rings (SSSR count). The quantitative estimate of drug-likeness (QED) is 0.524. The molecular weight excluding hydrogens is 170 g/mol. The van der Waals surface area contributed by atoms with E-state index in [4.69, 9.17) is 5.73 Å². The van der Waals surface area contributed by atoms with Crippen LogP contribution in [-0.4, -0.2) is 6.04 Å². The molecule has 1 atom stereocenters. The van der Waals surface area contributed by atoms with Gasteiger partial charge in [-0.2, -0.15) is 0 Å². The summed E-state index contributed by atoms with van der Waals surface area (Å²) in [4.78, 5) is 0. The molecule has 1 unspecified atom stereocenters. The van der Waals surface area contributed by atoms with E-state index >= 15 is 0 Å². The molecule has 0 aromatic heterocycles. The van der Waals surface area contributed by atoms with E-state index in [0.29, 0.717) is 0 Å². The summed E-state index contributed by atoms with van der Waals surface area (Å²) >= 11 is 0. The molecule has 0 fully saturated rings. The third kappa shape index (κ3) is 5.76. The minimum Gasteiger partial charge on any atom is -0.324 e. The van der Waals surface area contributed by atoms with Gasteiger partial charge in [0, 0.05) is 6.04 Å². The maximum absolute atomic E-state index is 5.94. The van der Waals surface area contributed by atoms with E-state index in [9.17, 15) is 0 Å². The van der Waals surface area contributed by atoms with Gasteiger partial charge in [0.2, 0.25) is 0 Å². The van der Waals surface area contributed by atoms with Crippen molar-refractivity contribution in [3.05, 3.63) is 35.5 Å². The summed E-state index contributed by atoms with van der Waals surface area (Å²) < 4.78 is 0. The van der Waals surface area contributed by atoms with Crippen LogP contribution in [0.25, 0.3) is 0 Å². The van der Waals surface area contributed by atoms with Gasteiger partial charge < -0.3 is 5.73 Å². The van der Waals surface area contributed by atoms with Crippen LogP contribution < -0.4 is 5.73 Å². The van der Waals surface area contributed by atoms with Crippen LogP contribution in [0.15, 0.2) is 35.5 Å². The molecule has 0 radical (unpaired) electrons. The molecule has 0 aromatic rings. The van der Waals surface area contributed by atoms with Crippen molar-refractivity contribution in [2.24, 2.45) is 5.73 Å². The zero-order chi connectivity index (χ0) is 11.1. The zero-order valence-electron chi connectivity index (χ0n) is 9.93. The standard InChI is InChI=1S/C13H23N/c1-6-12(8-7-10(2)3)9-13(14)11(4)5/h7-8,13H,4,6,9,14H2,1-3,5H3/b12-8+. The average molecular weight is 193 g/mol. The molecule has 0 aliphatic heterocycles. The number of rotatable bonds is 5. The van der Waals surface area contributed by atoms with Crippen molar-refractivity contribution < 1.29 is 0 Å². The van der Waals surface area contributed by atoms with Crippen molar-refractivity contribution >= 4 is 0 Å². The fourth-order valence-corrected chi connectivity index (χ4v) is 1.07. The Balaban J connectivity index is 4.36. The van der Waals surface area contributed by atoms with Crippen molar-refractivity contribution in [2.45, 2.75) is 46.6 Å². The van der Waals surface area contributed by atoms with Gasteiger partial charge in [0.1, 0.15) is 0 Å². The third-order valence-electron chi connectivity index (χ3n) is 2.22. The molecule has 14 heavy (non-hydrogen) atoms. The van der Waals surface area contributed by atoms with Gasteiger partial charge in [-0.3, -0.25) is 0 Å². The largest absolute Gasteiger partial charge is 0.324 e. The fourth-order valence-electron chi connectivity index (χ4n) is 1.07. The Morgan fingerprint density at radius 2 is 1.86 bits per heavy atom. The zero-order valence-corrected chi connectivity index (χ0v) is 9.93. The van der Waals surface area contributed by atoms with Crippen LogP contribution in [0.2, 0.25) is 0 Å². The van der Waals surface area contributed by atoms with E-state index < -0.39 is 0 Å². The molecule has 0 saturated carbocycles. The van der Waals surface area contributed by atoms with Crippen molar-refractivity contribution in [1.29, 1.82) is 0 Å². The lowest BCUT2D eigenvalue weighted by atomic mass is 9.99. The molecule has 0 heterocycles. The summed E-state index contributed by atoms with van der Waals surface area (Å²) in [5.74, 6) is 0. The minimum absolute atomic E-state index is 0.103. The summed E-state index contributed by atoms with van der Waals surface area (Å²) in [5.41, 5.74) is 9.71. The topological polar surface area (TPSA) is 26.0 Å². The van der Waals surface area contributed by atoms with Gasteiger partial charge in [-0.1, -0.05) is 42.4 Å². The Bertz CT molecular complexity index is 242. The van der Waals surface area contributed by atoms with Crippen LogP contribution in [0.3, 0.4) is 0 Å². The summed E-state index contributed by atoms with van der Waals surface area (Å²) in [6.45, 7) is 12.2. The molecule has 1 nitrogen and oxygen atoms in total. The summed E-state index contributed by atoms with van der Waals surface area (Å²) in [5, 5.41) is 0. The molecule has 1 heteroatoms. The molecule has 2 N–H and O–H groups in total. The molecule has 0 spiro atoms. The highest BCUT2D eigenvalue weighted by atomic mass is 14.6. The summed E-state index contributed by atoms with van der Waals surface area (Å²) in [6, 6.07) is 0.103. The maximum Gasteiger partial charge on any atom is 0.0286 e. The molecular formula is C13H23N. The van der Waals surface area contributed by atoms with Gasteiger partial charge >= 0.3 is 0 Å². The van der Waals surface area contributed by atoms with Crippen LogP contribution in [-0.2, 0) is 0 Å². The van der Waals surface area contributed by atoms with Crippen molar-refractivity contribution in [3.8, 4) is 0 Å². The number of allylic oxidation sites excluding steroid dienone is 3. The second-order valence-corrected chi connectivity index (χ2v) is 4.08. The Kier molecular flexibility index (Phi) is 6.22. The highest BCUT2D eigenvalue weighted by Gasteiger charge is 2.04. The molecule has 0 aliphatic carbocycles. The van der Waals surface area contributed by atoms with Crippen molar-refractivity contribution in [2.75, 3.05) is 0 Å². The average Bonchev–Trinajstić information content (AvgIpc) is 2.11. The SMILES string of the molecule is C=C(C)C(N)C/C(=C/C=C(C)C)CC. The molecule has 0 aromatic carbocycles. The summed E-state index contributed by atoms with van der Waals surface area (Å²) in [6.07, 6.45) is 6.31. The van der Waals surface area contributed by atoms with Gasteiger partial charge in [-0.25, -0.2) is 0 Å². The van der Waals surface area contributed by atoms with E-state index in [0.717, 1.165) is 18.4 Å². The number of nitrogens with two attached hydrogens (primary N) is 1. The molecule has 0 amide bonds. The van der Waals surface area contributed by atoms with E-state index in [-0.39, 0.29) is 6.04 Å². The van der Waals surface area contributed by atoms with Gasteiger partial charge in [0.05, 0.1) is 0 Å². The highest BCUT2D eigenvalue weighted by Crippen LogP contribution is 2.13. The molecule has 80 valence electrons. The van der Waals surface area contributed by atoms with E-state index in [2.05, 4.69) is 39.5 Å². The van der Waals surface area contributed by atoms with Crippen LogP contribution in [0, 0.1) is 0 Å². The first-order chi connectivity index (χ1) is 6.47. The molecule has 0 aliphatic rings. The third-order valence-corrected chi connectivity index (χ3v) is 2.22. The predicted molar refractivity (Wildman–Crippen MR) is 65.2 cm³/mol. The number of hydrogen-bond acceptors (Lipinski definition) is 1. The molecule has 0 saturated heterocycles. The second-order valence-electron chi connectivity index (χ2n) is 4.08. The van der Waals surface area contributed by atoms with E-state index in [1.807, 2.05) is 6.92 Å². The Labute approximate surface area is 88.4 Å². The number of hydrogen-bond donors (Lipinski definition) is 1. The minimum atomic E-state index is 0.103. The lowest BCUT2D eigenvalue weighted by Gasteiger charge is -2.12. The van der Waals surface area contributed by atoms with Crippen LogP contribution >= 0.6 is 0 Å². The normalized spacial score (nSPS) is 13.6. The van der Waals surface area contributed by atoms with E-state index in [1.165, 1.54) is 11.1 Å². The highest BCUT2D eigenvalue weighted by molar-refractivity contribution is 5.18. The fraction of sp³-hybridized carbons (Fsp3) is 0.538. The molecule has 0 bridgehead atoms. The van der Waals surface area contributed by atoms with Gasteiger partial charge in [0.15, 0.2) is 0 Å². The predicted octanol–water partition coefficient (Wildman–Crippen LogP) is 3.58. The Hall–Kier alpha value is -0.820. The van der Waals surface area contributed by atoms with Gasteiger partial charge in [0.25, 0.3) is 0 Å². The lowest BCUT2D eigenvalue weighted by molar-refractivity contribution is 0.739. The monoisotopic (exact) mass is 193 g/mol.